The van der Waals surface area contributed by atoms with Crippen LogP contribution in [0, 0.1) is 0 Å². The van der Waals surface area contributed by atoms with Crippen LogP contribution in [0.4, 0.5) is 11.5 Å². The summed E-state index contributed by atoms with van der Waals surface area (Å²) in [6.07, 6.45) is -0.181. The van der Waals surface area contributed by atoms with E-state index in [-0.39, 0.29) is 24.4 Å². The highest BCUT2D eigenvalue weighted by molar-refractivity contribution is 9.10. The van der Waals surface area contributed by atoms with Crippen LogP contribution in [-0.2, 0) is 18.9 Å². The molecule has 35 heavy (non-hydrogen) atoms. The summed E-state index contributed by atoms with van der Waals surface area (Å²) in [6, 6.07) is 9.26. The highest BCUT2D eigenvalue weighted by Gasteiger charge is 2.60. The lowest BCUT2D eigenvalue weighted by atomic mass is 10.1. The Labute approximate surface area is 215 Å². The van der Waals surface area contributed by atoms with E-state index in [0.717, 1.165) is 15.5 Å². The average molecular weight is 565 g/mol. The SMILES string of the molecule is COc1cc2c(Nc3ccc(Br)c(Cl)c3)ncnc2cc1O[C@@H]1CO[C@H]2[C@@H]3OC(C)(C)O[C@@H]3O[C@H]21. The number of halogens is 2. The monoisotopic (exact) mass is 563 g/mol. The van der Waals surface area contributed by atoms with E-state index < -0.39 is 12.1 Å². The Morgan fingerprint density at radius 1 is 1.09 bits per heavy atom. The van der Waals surface area contributed by atoms with Gasteiger partial charge in [-0.25, -0.2) is 9.97 Å². The maximum absolute atomic E-state index is 6.33. The van der Waals surface area contributed by atoms with E-state index in [9.17, 15) is 0 Å². The van der Waals surface area contributed by atoms with Crippen LogP contribution in [0.3, 0.4) is 0 Å². The molecule has 11 heteroatoms. The summed E-state index contributed by atoms with van der Waals surface area (Å²) in [5.74, 6) is 0.997. The molecule has 0 unspecified atom stereocenters. The maximum Gasteiger partial charge on any atom is 0.190 e. The third-order valence-corrected chi connectivity index (χ3v) is 7.46. The fourth-order valence-corrected chi connectivity index (χ4v) is 5.11. The van der Waals surface area contributed by atoms with Gasteiger partial charge in [0.25, 0.3) is 0 Å². The van der Waals surface area contributed by atoms with E-state index in [1.165, 1.54) is 6.33 Å². The van der Waals surface area contributed by atoms with Gasteiger partial charge in [-0.1, -0.05) is 11.6 Å². The molecule has 9 nitrogen and oxygen atoms in total. The Morgan fingerprint density at radius 3 is 2.74 bits per heavy atom. The molecule has 4 heterocycles. The highest BCUT2D eigenvalue weighted by atomic mass is 79.9. The number of hydrogen-bond donors (Lipinski definition) is 1. The molecule has 1 aromatic heterocycles. The molecule has 0 amide bonds. The number of ether oxygens (including phenoxy) is 6. The van der Waals surface area contributed by atoms with Gasteiger partial charge >= 0.3 is 0 Å². The summed E-state index contributed by atoms with van der Waals surface area (Å²) >= 11 is 9.64. The van der Waals surface area contributed by atoms with Gasteiger partial charge in [0.2, 0.25) is 0 Å². The number of benzene rings is 2. The number of anilines is 2. The molecule has 3 aromatic rings. The van der Waals surface area contributed by atoms with Gasteiger partial charge in [0.05, 0.1) is 24.3 Å². The van der Waals surface area contributed by atoms with Crippen molar-refractivity contribution in [1.29, 1.82) is 0 Å². The van der Waals surface area contributed by atoms with E-state index in [4.69, 9.17) is 40.0 Å². The number of rotatable bonds is 5. The average Bonchev–Trinajstić information content (AvgIpc) is 3.45. The first-order valence-corrected chi connectivity index (χ1v) is 12.3. The molecule has 0 radical (unpaired) electrons. The molecular weight excluding hydrogens is 542 g/mol. The quantitative estimate of drug-likeness (QED) is 0.468. The van der Waals surface area contributed by atoms with Crippen molar-refractivity contribution in [2.45, 2.75) is 50.3 Å². The lowest BCUT2D eigenvalue weighted by molar-refractivity contribution is -0.213. The van der Waals surface area contributed by atoms with Crippen LogP contribution in [0.1, 0.15) is 13.8 Å². The summed E-state index contributed by atoms with van der Waals surface area (Å²) in [7, 11) is 1.59. The number of aromatic nitrogens is 2. The van der Waals surface area contributed by atoms with Crippen molar-refractivity contribution < 1.29 is 28.4 Å². The van der Waals surface area contributed by atoms with Crippen LogP contribution in [0.25, 0.3) is 10.9 Å². The minimum absolute atomic E-state index is 0.255. The lowest BCUT2D eigenvalue weighted by Gasteiger charge is -2.23. The topological polar surface area (TPSA) is 93.2 Å². The van der Waals surface area contributed by atoms with Crippen LogP contribution in [0.15, 0.2) is 41.1 Å². The first kappa shape index (κ1) is 23.2. The minimum atomic E-state index is -0.697. The molecule has 3 saturated heterocycles. The Hall–Kier alpha value is -2.21. The number of fused-ring (bicyclic) bond motifs is 4. The van der Waals surface area contributed by atoms with E-state index in [1.807, 2.05) is 44.2 Å². The van der Waals surface area contributed by atoms with E-state index in [2.05, 4.69) is 31.2 Å². The number of nitrogens with zero attached hydrogens (tertiary/aromatic N) is 2. The molecule has 184 valence electrons. The molecule has 3 aliphatic rings. The standard InChI is InChI=1S/C24H23BrClN3O6/c1-24(2)34-21-20-19(33-23(21)35-24)18(9-31-20)32-17-8-15-12(7-16(17)30-3)22(28-10-27-15)29-11-4-5-13(25)14(26)6-11/h4-8,10,18-21,23H,9H2,1-3H3,(H,27,28,29)/t18-,19+,20-,21+,23+/m1/s1. The number of hydrogen-bond acceptors (Lipinski definition) is 9. The normalized spacial score (nSPS) is 28.7. The molecule has 2 aromatic carbocycles. The predicted octanol–water partition coefficient (Wildman–Crippen LogP) is 4.82. The van der Waals surface area contributed by atoms with Crippen LogP contribution >= 0.6 is 27.5 Å². The van der Waals surface area contributed by atoms with Gasteiger partial charge in [-0.3, -0.25) is 0 Å². The van der Waals surface area contributed by atoms with E-state index >= 15 is 0 Å². The van der Waals surface area contributed by atoms with Crippen molar-refractivity contribution in [3.63, 3.8) is 0 Å². The van der Waals surface area contributed by atoms with Crippen molar-refractivity contribution >= 4 is 49.9 Å². The Morgan fingerprint density at radius 2 is 1.94 bits per heavy atom. The molecule has 0 saturated carbocycles. The summed E-state index contributed by atoms with van der Waals surface area (Å²) in [5.41, 5.74) is 1.48. The smallest absolute Gasteiger partial charge is 0.190 e. The predicted molar refractivity (Wildman–Crippen MR) is 131 cm³/mol. The first-order valence-electron chi connectivity index (χ1n) is 11.2. The van der Waals surface area contributed by atoms with Crippen molar-refractivity contribution in [3.8, 4) is 11.5 Å². The van der Waals surface area contributed by atoms with Gasteiger partial charge in [-0.05, 0) is 54.0 Å². The summed E-state index contributed by atoms with van der Waals surface area (Å²) in [4.78, 5) is 8.84. The summed E-state index contributed by atoms with van der Waals surface area (Å²) in [6.45, 7) is 4.09. The van der Waals surface area contributed by atoms with Crippen molar-refractivity contribution in [3.05, 3.63) is 46.2 Å². The maximum atomic E-state index is 6.33. The zero-order valence-electron chi connectivity index (χ0n) is 19.2. The zero-order chi connectivity index (χ0) is 24.3. The van der Waals surface area contributed by atoms with Crippen molar-refractivity contribution in [1.82, 2.24) is 9.97 Å². The van der Waals surface area contributed by atoms with Crippen LogP contribution in [0.5, 0.6) is 11.5 Å². The zero-order valence-corrected chi connectivity index (χ0v) is 21.5. The Balaban J connectivity index is 1.26. The largest absolute Gasteiger partial charge is 0.493 e. The molecule has 3 fully saturated rings. The van der Waals surface area contributed by atoms with Crippen LogP contribution in [-0.4, -0.2) is 60.2 Å². The molecule has 0 bridgehead atoms. The summed E-state index contributed by atoms with van der Waals surface area (Å²) < 4.78 is 36.7. The lowest BCUT2D eigenvalue weighted by Crippen LogP contribution is -2.37. The highest BCUT2D eigenvalue weighted by Crippen LogP contribution is 2.44. The minimum Gasteiger partial charge on any atom is -0.493 e. The molecule has 5 atom stereocenters. The molecule has 0 spiro atoms. The fraction of sp³-hybridized carbons (Fsp3) is 0.417. The Bertz CT molecular complexity index is 1290. The number of methoxy groups -OCH3 is 1. The molecule has 3 aliphatic heterocycles. The van der Waals surface area contributed by atoms with Gasteiger partial charge in [-0.2, -0.15) is 0 Å². The van der Waals surface area contributed by atoms with E-state index in [0.29, 0.717) is 34.5 Å². The third-order valence-electron chi connectivity index (χ3n) is 6.23. The van der Waals surface area contributed by atoms with Crippen molar-refractivity contribution in [2.75, 3.05) is 19.0 Å². The van der Waals surface area contributed by atoms with Crippen LogP contribution in [0.2, 0.25) is 5.02 Å². The molecule has 6 rings (SSSR count). The van der Waals surface area contributed by atoms with E-state index in [1.54, 1.807) is 7.11 Å². The van der Waals surface area contributed by atoms with Gasteiger partial charge in [-0.15, -0.1) is 0 Å². The molecule has 0 aliphatic carbocycles. The van der Waals surface area contributed by atoms with Gasteiger partial charge in [0.1, 0.15) is 30.5 Å². The molecule has 1 N–H and O–H groups in total. The fourth-order valence-electron chi connectivity index (χ4n) is 4.68. The second kappa shape index (κ2) is 8.72. The second-order valence-corrected chi connectivity index (χ2v) is 10.3. The molecular formula is C24H23BrClN3O6. The third kappa shape index (κ3) is 4.22. The summed E-state index contributed by atoms with van der Waals surface area (Å²) in [5, 5.41) is 4.66. The van der Waals surface area contributed by atoms with Crippen molar-refractivity contribution in [2.24, 2.45) is 0 Å². The van der Waals surface area contributed by atoms with Gasteiger partial charge in [0, 0.05) is 21.6 Å². The number of nitrogens with one attached hydrogen (secondary N) is 1. The second-order valence-electron chi connectivity index (χ2n) is 9.02. The first-order chi connectivity index (χ1) is 16.8. The van der Waals surface area contributed by atoms with Gasteiger partial charge < -0.3 is 33.7 Å². The van der Waals surface area contributed by atoms with Crippen LogP contribution < -0.4 is 14.8 Å². The van der Waals surface area contributed by atoms with Gasteiger partial charge in [0.15, 0.2) is 29.7 Å². The Kier molecular flexibility index (Phi) is 5.78.